The third kappa shape index (κ3) is 2.85. The number of rotatable bonds is 3. The summed E-state index contributed by atoms with van der Waals surface area (Å²) in [4.78, 5) is 27.0. The number of carbonyl (C=O) groups is 2. The van der Waals surface area contributed by atoms with Crippen LogP contribution in [0.3, 0.4) is 0 Å². The molecule has 0 aromatic carbocycles. The zero-order chi connectivity index (χ0) is 13.0. The van der Waals surface area contributed by atoms with Gasteiger partial charge in [-0.3, -0.25) is 4.79 Å². The molecule has 1 heterocycles. The Balaban J connectivity index is 2.05. The molecule has 1 N–H and O–H groups in total. The van der Waals surface area contributed by atoms with Crippen molar-refractivity contribution in [1.29, 1.82) is 0 Å². The third-order valence-corrected chi connectivity index (χ3v) is 3.32. The van der Waals surface area contributed by atoms with E-state index in [4.69, 9.17) is 0 Å². The minimum atomic E-state index is -1.13. The van der Waals surface area contributed by atoms with Crippen molar-refractivity contribution in [1.82, 2.24) is 4.98 Å². The van der Waals surface area contributed by atoms with Crippen LogP contribution in [-0.2, 0) is 9.59 Å². The fraction of sp³-hybridized carbons (Fsp3) is 0.462. The number of aliphatic carboxylic acids is 1. The molecule has 5 heteroatoms. The number of nitrogens with zero attached hydrogens (tertiary/aromatic N) is 1. The average molecular weight is 247 g/mol. The van der Waals surface area contributed by atoms with Crippen molar-refractivity contribution in [2.75, 3.05) is 5.32 Å². The van der Waals surface area contributed by atoms with Crippen molar-refractivity contribution in [3.63, 3.8) is 0 Å². The number of nitrogens with one attached hydrogen (secondary N) is 1. The highest BCUT2D eigenvalue weighted by Gasteiger charge is 2.31. The van der Waals surface area contributed by atoms with E-state index in [2.05, 4.69) is 10.3 Å². The molecule has 1 aromatic heterocycles. The minimum Gasteiger partial charge on any atom is -0.550 e. The molecular weight excluding hydrogens is 232 g/mol. The van der Waals surface area contributed by atoms with Crippen LogP contribution in [-0.4, -0.2) is 16.9 Å². The molecule has 0 bridgehead atoms. The number of carboxylic acids is 1. The molecule has 96 valence electrons. The summed E-state index contributed by atoms with van der Waals surface area (Å²) in [6.45, 7) is 0. The number of hydrogen-bond acceptors (Lipinski definition) is 4. The summed E-state index contributed by atoms with van der Waals surface area (Å²) in [7, 11) is 0. The summed E-state index contributed by atoms with van der Waals surface area (Å²) < 4.78 is 0. The lowest BCUT2D eigenvalue weighted by atomic mass is 9.79. The third-order valence-electron chi connectivity index (χ3n) is 3.32. The van der Waals surface area contributed by atoms with E-state index in [1.54, 1.807) is 24.4 Å². The van der Waals surface area contributed by atoms with Crippen molar-refractivity contribution in [2.24, 2.45) is 11.8 Å². The van der Waals surface area contributed by atoms with Crippen LogP contribution in [0.5, 0.6) is 0 Å². The highest BCUT2D eigenvalue weighted by Crippen LogP contribution is 2.30. The molecule has 5 nitrogen and oxygen atoms in total. The van der Waals surface area contributed by atoms with Crippen molar-refractivity contribution in [3.05, 3.63) is 24.4 Å². The first-order chi connectivity index (χ1) is 8.68. The normalized spacial score (nSPS) is 23.3. The maximum atomic E-state index is 12.0. The largest absolute Gasteiger partial charge is 0.550 e. The van der Waals surface area contributed by atoms with Gasteiger partial charge in [0.05, 0.1) is 0 Å². The van der Waals surface area contributed by atoms with Gasteiger partial charge in [-0.15, -0.1) is 0 Å². The molecule has 2 rings (SSSR count). The molecule has 0 saturated heterocycles. The lowest BCUT2D eigenvalue weighted by molar-refractivity contribution is -0.313. The van der Waals surface area contributed by atoms with Gasteiger partial charge >= 0.3 is 0 Å². The van der Waals surface area contributed by atoms with Gasteiger partial charge in [0.15, 0.2) is 0 Å². The Hall–Kier alpha value is -1.91. The molecule has 0 unspecified atom stereocenters. The van der Waals surface area contributed by atoms with Gasteiger partial charge in [0, 0.05) is 24.0 Å². The summed E-state index contributed by atoms with van der Waals surface area (Å²) >= 11 is 0. The molecule has 1 fully saturated rings. The Morgan fingerprint density at radius 2 is 1.94 bits per heavy atom. The molecule has 1 aromatic rings. The summed E-state index contributed by atoms with van der Waals surface area (Å²) in [6, 6.07) is 5.19. The monoisotopic (exact) mass is 247 g/mol. The lowest BCUT2D eigenvalue weighted by Crippen LogP contribution is -2.42. The second-order valence-corrected chi connectivity index (χ2v) is 4.52. The standard InChI is InChI=1S/C13H16N2O3/c16-12(15-11-7-3-4-8-14-11)9-5-1-2-6-10(9)13(17)18/h3-4,7-10H,1-2,5-6H2,(H,17,18)(H,14,15,16)/p-1/t9-,10-/m0/s1. The Kier molecular flexibility index (Phi) is 3.92. The van der Waals surface area contributed by atoms with E-state index < -0.39 is 17.8 Å². The maximum absolute atomic E-state index is 12.0. The van der Waals surface area contributed by atoms with Crippen LogP contribution in [0.2, 0.25) is 0 Å². The first-order valence-corrected chi connectivity index (χ1v) is 6.11. The smallest absolute Gasteiger partial charge is 0.229 e. The fourth-order valence-electron chi connectivity index (χ4n) is 2.38. The molecule has 2 atom stereocenters. The van der Waals surface area contributed by atoms with Crippen molar-refractivity contribution in [3.8, 4) is 0 Å². The Bertz CT molecular complexity index is 433. The van der Waals surface area contributed by atoms with Crippen molar-refractivity contribution >= 4 is 17.7 Å². The SMILES string of the molecule is O=C([O-])[C@H]1CCCC[C@@H]1C(=O)Nc1ccccn1. The van der Waals surface area contributed by atoms with E-state index in [-0.39, 0.29) is 5.91 Å². The van der Waals surface area contributed by atoms with Crippen LogP contribution in [0.1, 0.15) is 25.7 Å². The van der Waals surface area contributed by atoms with Crippen LogP contribution in [0.4, 0.5) is 5.82 Å². The summed E-state index contributed by atoms with van der Waals surface area (Å²) in [5, 5.41) is 13.7. The zero-order valence-corrected chi connectivity index (χ0v) is 9.96. The Morgan fingerprint density at radius 3 is 2.56 bits per heavy atom. The highest BCUT2D eigenvalue weighted by molar-refractivity contribution is 5.94. The van der Waals surface area contributed by atoms with Crippen LogP contribution in [0, 0.1) is 11.8 Å². The predicted octanol–water partition coefficient (Wildman–Crippen LogP) is 0.576. The summed E-state index contributed by atoms with van der Waals surface area (Å²) in [6.07, 6.45) is 4.41. The van der Waals surface area contributed by atoms with Gasteiger partial charge < -0.3 is 15.2 Å². The summed E-state index contributed by atoms with van der Waals surface area (Å²) in [5.74, 6) is -2.14. The van der Waals surface area contributed by atoms with E-state index in [0.717, 1.165) is 12.8 Å². The Morgan fingerprint density at radius 1 is 1.22 bits per heavy atom. The first-order valence-electron chi connectivity index (χ1n) is 6.11. The van der Waals surface area contributed by atoms with Gasteiger partial charge in [0.1, 0.15) is 5.82 Å². The lowest BCUT2D eigenvalue weighted by Gasteiger charge is -2.30. The van der Waals surface area contributed by atoms with Gasteiger partial charge in [-0.05, 0) is 25.0 Å². The topological polar surface area (TPSA) is 82.1 Å². The van der Waals surface area contributed by atoms with Crippen LogP contribution < -0.4 is 10.4 Å². The molecule has 0 radical (unpaired) electrons. The number of pyridine rings is 1. The average Bonchev–Trinajstić information content (AvgIpc) is 2.40. The number of carboxylic acid groups (broad SMARTS) is 1. The second-order valence-electron chi connectivity index (χ2n) is 4.52. The number of aromatic nitrogens is 1. The van der Waals surface area contributed by atoms with Crippen molar-refractivity contribution < 1.29 is 14.7 Å². The molecule has 1 aliphatic carbocycles. The van der Waals surface area contributed by atoms with Crippen LogP contribution >= 0.6 is 0 Å². The molecule has 18 heavy (non-hydrogen) atoms. The molecule has 0 aliphatic heterocycles. The maximum Gasteiger partial charge on any atom is 0.229 e. The molecule has 1 amide bonds. The van der Waals surface area contributed by atoms with Gasteiger partial charge in [-0.1, -0.05) is 18.9 Å². The predicted molar refractivity (Wildman–Crippen MR) is 63.3 cm³/mol. The van der Waals surface area contributed by atoms with Gasteiger partial charge in [-0.25, -0.2) is 4.98 Å². The van der Waals surface area contributed by atoms with Crippen LogP contribution in [0.15, 0.2) is 24.4 Å². The van der Waals surface area contributed by atoms with E-state index in [1.807, 2.05) is 0 Å². The molecule has 1 aliphatic rings. The second kappa shape index (κ2) is 5.62. The first kappa shape index (κ1) is 12.5. The van der Waals surface area contributed by atoms with Crippen LogP contribution in [0.25, 0.3) is 0 Å². The number of anilines is 1. The highest BCUT2D eigenvalue weighted by atomic mass is 16.4. The van der Waals surface area contributed by atoms with E-state index in [0.29, 0.717) is 18.7 Å². The quantitative estimate of drug-likeness (QED) is 0.846. The summed E-state index contributed by atoms with van der Waals surface area (Å²) in [5.41, 5.74) is 0. The Labute approximate surface area is 105 Å². The zero-order valence-electron chi connectivity index (χ0n) is 9.96. The molecular formula is C13H15N2O3-. The van der Waals surface area contributed by atoms with Gasteiger partial charge in [-0.2, -0.15) is 0 Å². The number of amides is 1. The van der Waals surface area contributed by atoms with E-state index in [1.165, 1.54) is 0 Å². The van der Waals surface area contributed by atoms with Gasteiger partial charge in [0.2, 0.25) is 5.91 Å². The minimum absolute atomic E-state index is 0.275. The number of carbonyl (C=O) groups excluding carboxylic acids is 2. The van der Waals surface area contributed by atoms with Crippen molar-refractivity contribution in [2.45, 2.75) is 25.7 Å². The molecule has 0 spiro atoms. The van der Waals surface area contributed by atoms with E-state index >= 15 is 0 Å². The molecule has 1 saturated carbocycles. The fourth-order valence-corrected chi connectivity index (χ4v) is 2.38. The number of hydrogen-bond donors (Lipinski definition) is 1. The van der Waals surface area contributed by atoms with Gasteiger partial charge in [0.25, 0.3) is 0 Å². The van der Waals surface area contributed by atoms with E-state index in [9.17, 15) is 14.7 Å².